The monoisotopic (exact) mass is 269 g/mol. The minimum atomic E-state index is 0.711. The topological polar surface area (TPSA) is 28.2 Å². The van der Waals surface area contributed by atoms with Crippen LogP contribution in [0.5, 0.6) is 0 Å². The van der Waals surface area contributed by atoms with Gasteiger partial charge in [0.1, 0.15) is 0 Å². The first kappa shape index (κ1) is 13.5. The van der Waals surface area contributed by atoms with E-state index in [1.165, 1.54) is 42.3 Å². The van der Waals surface area contributed by atoms with Gasteiger partial charge in [-0.3, -0.25) is 9.88 Å². The number of hydrogen-bond acceptors (Lipinski definition) is 3. The van der Waals surface area contributed by atoms with Crippen LogP contribution in [0.3, 0.4) is 0 Å². The predicted molar refractivity (Wildman–Crippen MR) is 83.7 cm³/mol. The number of rotatable bonds is 5. The number of fused-ring (bicyclic) bond motifs is 1. The third-order valence-electron chi connectivity index (χ3n) is 4.35. The molecule has 1 N–H and O–H groups in total. The first-order chi connectivity index (χ1) is 9.88. The van der Waals surface area contributed by atoms with Gasteiger partial charge in [-0.05, 0) is 36.9 Å². The fraction of sp³-hybridized carbons (Fsp3) is 0.471. The summed E-state index contributed by atoms with van der Waals surface area (Å²) in [6, 6.07) is 9.19. The first-order valence-electron chi connectivity index (χ1n) is 7.65. The van der Waals surface area contributed by atoms with Gasteiger partial charge in [-0.25, -0.2) is 0 Å². The summed E-state index contributed by atoms with van der Waals surface area (Å²) in [4.78, 5) is 6.92. The molecule has 3 heteroatoms. The van der Waals surface area contributed by atoms with Gasteiger partial charge < -0.3 is 5.32 Å². The normalized spacial score (nSPS) is 19.8. The molecule has 2 aromatic rings. The molecule has 20 heavy (non-hydrogen) atoms. The van der Waals surface area contributed by atoms with Crippen LogP contribution in [-0.4, -0.2) is 35.6 Å². The van der Waals surface area contributed by atoms with Crippen molar-refractivity contribution >= 4 is 10.8 Å². The Bertz CT molecular complexity index is 562. The molecule has 0 radical (unpaired) electrons. The fourth-order valence-corrected chi connectivity index (χ4v) is 3.24. The van der Waals surface area contributed by atoms with Gasteiger partial charge in [-0.1, -0.05) is 31.2 Å². The summed E-state index contributed by atoms with van der Waals surface area (Å²) in [5.74, 6) is 0. The number of pyridine rings is 1. The number of likely N-dealkylation sites (tertiary alicyclic amines) is 1. The number of aromatic nitrogens is 1. The van der Waals surface area contributed by atoms with Gasteiger partial charge in [0, 0.05) is 36.9 Å². The van der Waals surface area contributed by atoms with Crippen LogP contribution < -0.4 is 5.32 Å². The van der Waals surface area contributed by atoms with Gasteiger partial charge in [0.05, 0.1) is 0 Å². The van der Waals surface area contributed by atoms with Crippen molar-refractivity contribution in [3.05, 3.63) is 42.2 Å². The van der Waals surface area contributed by atoms with Crippen LogP contribution in [0.25, 0.3) is 10.8 Å². The van der Waals surface area contributed by atoms with Gasteiger partial charge in [0.15, 0.2) is 0 Å². The van der Waals surface area contributed by atoms with Crippen molar-refractivity contribution in [2.45, 2.75) is 32.4 Å². The van der Waals surface area contributed by atoms with Crippen molar-refractivity contribution in [2.24, 2.45) is 0 Å². The zero-order valence-electron chi connectivity index (χ0n) is 12.2. The van der Waals surface area contributed by atoms with Crippen LogP contribution >= 0.6 is 0 Å². The van der Waals surface area contributed by atoms with E-state index >= 15 is 0 Å². The van der Waals surface area contributed by atoms with E-state index in [0.29, 0.717) is 6.04 Å². The maximum atomic E-state index is 4.34. The quantitative estimate of drug-likeness (QED) is 0.904. The smallest absolute Gasteiger partial charge is 0.0346 e. The molecule has 1 saturated heterocycles. The van der Waals surface area contributed by atoms with Gasteiger partial charge in [-0.2, -0.15) is 0 Å². The summed E-state index contributed by atoms with van der Waals surface area (Å²) in [6.07, 6.45) is 6.60. The summed E-state index contributed by atoms with van der Waals surface area (Å²) in [6.45, 7) is 6.67. The maximum Gasteiger partial charge on any atom is 0.0346 e. The standard InChI is InChI=1S/C17H23N3/c1-2-20-9-5-7-16(20)13-19-12-15-11-18-10-14-6-3-4-8-17(14)15/h3-4,6,8,10-11,16,19H,2,5,7,9,12-13H2,1H3. The predicted octanol–water partition coefficient (Wildman–Crippen LogP) is 2.81. The van der Waals surface area contributed by atoms with Crippen molar-refractivity contribution in [1.82, 2.24) is 15.2 Å². The van der Waals surface area contributed by atoms with Crippen LogP contribution in [0, 0.1) is 0 Å². The van der Waals surface area contributed by atoms with Crippen LogP contribution in [0.4, 0.5) is 0 Å². The van der Waals surface area contributed by atoms with E-state index in [4.69, 9.17) is 0 Å². The van der Waals surface area contributed by atoms with E-state index in [-0.39, 0.29) is 0 Å². The van der Waals surface area contributed by atoms with Crippen molar-refractivity contribution in [3.63, 3.8) is 0 Å². The summed E-state index contributed by atoms with van der Waals surface area (Å²) in [7, 11) is 0. The molecule has 1 unspecified atom stereocenters. The van der Waals surface area contributed by atoms with Gasteiger partial charge >= 0.3 is 0 Å². The van der Waals surface area contributed by atoms with E-state index in [0.717, 1.165) is 13.1 Å². The Labute approximate surface area is 121 Å². The second-order valence-corrected chi connectivity index (χ2v) is 5.58. The summed E-state index contributed by atoms with van der Waals surface area (Å²) in [5, 5.41) is 6.16. The molecular weight excluding hydrogens is 246 g/mol. The van der Waals surface area contributed by atoms with E-state index in [2.05, 4.69) is 46.4 Å². The molecule has 1 aliphatic rings. The molecule has 106 valence electrons. The Hall–Kier alpha value is -1.45. The van der Waals surface area contributed by atoms with Crippen molar-refractivity contribution in [3.8, 4) is 0 Å². The number of hydrogen-bond donors (Lipinski definition) is 1. The molecule has 1 aromatic heterocycles. The molecule has 0 saturated carbocycles. The number of nitrogens with one attached hydrogen (secondary N) is 1. The van der Waals surface area contributed by atoms with Crippen molar-refractivity contribution in [2.75, 3.05) is 19.6 Å². The Morgan fingerprint density at radius 1 is 1.30 bits per heavy atom. The molecular formula is C17H23N3. The highest BCUT2D eigenvalue weighted by atomic mass is 15.2. The summed E-state index contributed by atoms with van der Waals surface area (Å²) < 4.78 is 0. The molecule has 0 amide bonds. The minimum absolute atomic E-state index is 0.711. The molecule has 2 heterocycles. The van der Waals surface area contributed by atoms with E-state index in [1.807, 2.05) is 12.4 Å². The van der Waals surface area contributed by atoms with Gasteiger partial charge in [0.2, 0.25) is 0 Å². The largest absolute Gasteiger partial charge is 0.311 e. The number of nitrogens with zero attached hydrogens (tertiary/aromatic N) is 2. The molecule has 3 nitrogen and oxygen atoms in total. The van der Waals surface area contributed by atoms with Crippen molar-refractivity contribution < 1.29 is 0 Å². The average Bonchev–Trinajstić information content (AvgIpc) is 2.95. The maximum absolute atomic E-state index is 4.34. The highest BCUT2D eigenvalue weighted by molar-refractivity contribution is 5.84. The lowest BCUT2D eigenvalue weighted by atomic mass is 10.1. The van der Waals surface area contributed by atoms with E-state index in [9.17, 15) is 0 Å². The summed E-state index contributed by atoms with van der Waals surface area (Å²) in [5.41, 5.74) is 1.30. The Balaban J connectivity index is 1.63. The lowest BCUT2D eigenvalue weighted by Crippen LogP contribution is -2.37. The number of likely N-dealkylation sites (N-methyl/N-ethyl adjacent to an activating group) is 1. The zero-order chi connectivity index (χ0) is 13.8. The Morgan fingerprint density at radius 2 is 2.20 bits per heavy atom. The molecule has 3 rings (SSSR count). The molecule has 0 bridgehead atoms. The Morgan fingerprint density at radius 3 is 3.10 bits per heavy atom. The zero-order valence-corrected chi connectivity index (χ0v) is 12.2. The lowest BCUT2D eigenvalue weighted by molar-refractivity contribution is 0.260. The number of benzene rings is 1. The van der Waals surface area contributed by atoms with Crippen LogP contribution in [0.2, 0.25) is 0 Å². The minimum Gasteiger partial charge on any atom is -0.311 e. The molecule has 1 atom stereocenters. The van der Waals surface area contributed by atoms with Gasteiger partial charge in [0.25, 0.3) is 0 Å². The highest BCUT2D eigenvalue weighted by Gasteiger charge is 2.22. The molecule has 1 fully saturated rings. The first-order valence-corrected chi connectivity index (χ1v) is 7.65. The molecule has 1 aliphatic heterocycles. The van der Waals surface area contributed by atoms with Crippen LogP contribution in [0.15, 0.2) is 36.7 Å². The summed E-state index contributed by atoms with van der Waals surface area (Å²) >= 11 is 0. The highest BCUT2D eigenvalue weighted by Crippen LogP contribution is 2.18. The third kappa shape index (κ3) is 2.84. The molecule has 0 spiro atoms. The second kappa shape index (κ2) is 6.33. The fourth-order valence-electron chi connectivity index (χ4n) is 3.24. The second-order valence-electron chi connectivity index (χ2n) is 5.58. The SMILES string of the molecule is CCN1CCCC1CNCc1cncc2ccccc12. The Kier molecular flexibility index (Phi) is 4.28. The van der Waals surface area contributed by atoms with E-state index in [1.54, 1.807) is 0 Å². The lowest BCUT2D eigenvalue weighted by Gasteiger charge is -2.23. The van der Waals surface area contributed by atoms with Gasteiger partial charge in [-0.15, -0.1) is 0 Å². The molecule has 0 aliphatic carbocycles. The van der Waals surface area contributed by atoms with Crippen LogP contribution in [0.1, 0.15) is 25.3 Å². The third-order valence-corrected chi connectivity index (χ3v) is 4.35. The van der Waals surface area contributed by atoms with Crippen LogP contribution in [-0.2, 0) is 6.54 Å². The van der Waals surface area contributed by atoms with E-state index < -0.39 is 0 Å². The molecule has 1 aromatic carbocycles. The average molecular weight is 269 g/mol. The van der Waals surface area contributed by atoms with Crippen molar-refractivity contribution in [1.29, 1.82) is 0 Å².